The van der Waals surface area contributed by atoms with Crippen molar-refractivity contribution in [1.82, 2.24) is 15.1 Å². The van der Waals surface area contributed by atoms with Gasteiger partial charge in [0.05, 0.1) is 18.5 Å². The predicted molar refractivity (Wildman–Crippen MR) is 85.5 cm³/mol. The van der Waals surface area contributed by atoms with E-state index in [2.05, 4.69) is 54.1 Å². The van der Waals surface area contributed by atoms with Crippen molar-refractivity contribution in [1.29, 1.82) is 0 Å². The highest BCUT2D eigenvalue weighted by Gasteiger charge is 2.09. The average molecular weight is 287 g/mol. The zero-order chi connectivity index (χ0) is 15.2. The van der Waals surface area contributed by atoms with Gasteiger partial charge in [-0.05, 0) is 44.0 Å². The van der Waals surface area contributed by atoms with Crippen LogP contribution in [-0.4, -0.2) is 16.9 Å². The van der Waals surface area contributed by atoms with Gasteiger partial charge in [-0.1, -0.05) is 19.1 Å². The third-order valence-electron chi connectivity index (χ3n) is 3.78. The fraction of sp³-hybridized carbons (Fsp3) is 0.471. The summed E-state index contributed by atoms with van der Waals surface area (Å²) in [7, 11) is 1.69. The first-order valence-corrected chi connectivity index (χ1v) is 7.60. The number of hydrogen-bond acceptors (Lipinski definition) is 3. The molecule has 0 bridgehead atoms. The van der Waals surface area contributed by atoms with Gasteiger partial charge in [0, 0.05) is 19.1 Å². The van der Waals surface area contributed by atoms with E-state index in [0.717, 1.165) is 31.0 Å². The lowest BCUT2D eigenvalue weighted by Gasteiger charge is -2.15. The van der Waals surface area contributed by atoms with Crippen LogP contribution in [0.4, 0.5) is 0 Å². The van der Waals surface area contributed by atoms with Gasteiger partial charge in [-0.2, -0.15) is 5.10 Å². The van der Waals surface area contributed by atoms with Gasteiger partial charge in [0.1, 0.15) is 5.75 Å². The minimum Gasteiger partial charge on any atom is -0.497 e. The van der Waals surface area contributed by atoms with Crippen LogP contribution in [-0.2, 0) is 19.5 Å². The Balaban J connectivity index is 1.99. The normalized spacial score (nSPS) is 12.4. The molecule has 21 heavy (non-hydrogen) atoms. The van der Waals surface area contributed by atoms with Gasteiger partial charge in [-0.15, -0.1) is 0 Å². The second-order valence-electron chi connectivity index (χ2n) is 5.17. The third kappa shape index (κ3) is 3.85. The van der Waals surface area contributed by atoms with Crippen molar-refractivity contribution in [3.05, 3.63) is 47.3 Å². The number of aromatic nitrogens is 2. The molecular weight excluding hydrogens is 262 g/mol. The number of ether oxygens (including phenoxy) is 1. The molecule has 0 spiro atoms. The van der Waals surface area contributed by atoms with Crippen molar-refractivity contribution < 1.29 is 4.74 Å². The Bertz CT molecular complexity index is 560. The fourth-order valence-corrected chi connectivity index (χ4v) is 2.37. The van der Waals surface area contributed by atoms with Crippen LogP contribution >= 0.6 is 0 Å². The van der Waals surface area contributed by atoms with Crippen LogP contribution in [0.5, 0.6) is 5.75 Å². The molecule has 4 nitrogen and oxygen atoms in total. The summed E-state index contributed by atoms with van der Waals surface area (Å²) in [5, 5.41) is 8.14. The summed E-state index contributed by atoms with van der Waals surface area (Å²) in [6.07, 6.45) is 0.980. The molecule has 0 aliphatic carbocycles. The van der Waals surface area contributed by atoms with E-state index in [1.807, 2.05) is 12.1 Å². The standard InChI is InChI=1S/C17H25N3O/c1-5-15-11-16(20(6-2)19-15)12-18-13(3)14-7-9-17(21-4)10-8-14/h7-11,13,18H,5-6,12H2,1-4H3/t13-/m1/s1. The minimum atomic E-state index is 0.293. The third-order valence-corrected chi connectivity index (χ3v) is 3.78. The number of methoxy groups -OCH3 is 1. The van der Waals surface area contributed by atoms with E-state index in [9.17, 15) is 0 Å². The lowest BCUT2D eigenvalue weighted by Crippen LogP contribution is -2.20. The van der Waals surface area contributed by atoms with Crippen LogP contribution in [0.25, 0.3) is 0 Å². The SMILES string of the molecule is CCc1cc(CN[C@H](C)c2ccc(OC)cc2)n(CC)n1. The van der Waals surface area contributed by atoms with Crippen molar-refractivity contribution in [3.63, 3.8) is 0 Å². The van der Waals surface area contributed by atoms with Crippen LogP contribution in [0.15, 0.2) is 30.3 Å². The predicted octanol–water partition coefficient (Wildman–Crippen LogP) is 3.32. The van der Waals surface area contributed by atoms with Crippen molar-refractivity contribution in [2.24, 2.45) is 0 Å². The van der Waals surface area contributed by atoms with E-state index in [-0.39, 0.29) is 0 Å². The molecule has 1 heterocycles. The van der Waals surface area contributed by atoms with Crippen LogP contribution in [0.1, 0.15) is 43.8 Å². The maximum atomic E-state index is 5.19. The highest BCUT2D eigenvalue weighted by Crippen LogP contribution is 2.18. The molecule has 1 atom stereocenters. The Morgan fingerprint density at radius 3 is 2.52 bits per heavy atom. The zero-order valence-electron chi connectivity index (χ0n) is 13.4. The van der Waals surface area contributed by atoms with Gasteiger partial charge in [0.15, 0.2) is 0 Å². The number of rotatable bonds is 7. The summed E-state index contributed by atoms with van der Waals surface area (Å²) in [5.74, 6) is 0.891. The lowest BCUT2D eigenvalue weighted by molar-refractivity contribution is 0.414. The molecular formula is C17H25N3O. The van der Waals surface area contributed by atoms with Gasteiger partial charge >= 0.3 is 0 Å². The van der Waals surface area contributed by atoms with Gasteiger partial charge in [-0.25, -0.2) is 0 Å². The molecule has 2 rings (SSSR count). The van der Waals surface area contributed by atoms with Gasteiger partial charge < -0.3 is 10.1 Å². The van der Waals surface area contributed by atoms with Gasteiger partial charge in [0.25, 0.3) is 0 Å². The Labute approximate surface area is 127 Å². The lowest BCUT2D eigenvalue weighted by atomic mass is 10.1. The maximum Gasteiger partial charge on any atom is 0.118 e. The van der Waals surface area contributed by atoms with E-state index in [1.54, 1.807) is 7.11 Å². The van der Waals surface area contributed by atoms with E-state index in [1.165, 1.54) is 11.3 Å². The van der Waals surface area contributed by atoms with E-state index in [4.69, 9.17) is 4.74 Å². The number of benzene rings is 1. The summed E-state index contributed by atoms with van der Waals surface area (Å²) in [5.41, 5.74) is 3.66. The molecule has 0 radical (unpaired) electrons. The molecule has 0 amide bonds. The smallest absolute Gasteiger partial charge is 0.118 e. The van der Waals surface area contributed by atoms with Crippen LogP contribution in [0.3, 0.4) is 0 Å². The molecule has 4 heteroatoms. The second kappa shape index (κ2) is 7.27. The molecule has 1 aromatic heterocycles. The quantitative estimate of drug-likeness (QED) is 0.849. The first kappa shape index (κ1) is 15.6. The molecule has 0 fully saturated rings. The Hall–Kier alpha value is -1.81. The summed E-state index contributed by atoms with van der Waals surface area (Å²) in [6.45, 7) is 8.18. The molecule has 2 aromatic rings. The first-order chi connectivity index (χ1) is 10.2. The van der Waals surface area contributed by atoms with Crippen molar-refractivity contribution in [2.75, 3.05) is 7.11 Å². The number of nitrogens with zero attached hydrogens (tertiary/aromatic N) is 2. The number of hydrogen-bond donors (Lipinski definition) is 1. The number of aryl methyl sites for hydroxylation is 2. The van der Waals surface area contributed by atoms with Crippen molar-refractivity contribution in [3.8, 4) is 5.75 Å². The van der Waals surface area contributed by atoms with Crippen molar-refractivity contribution >= 4 is 0 Å². The molecule has 0 saturated carbocycles. The Morgan fingerprint density at radius 1 is 1.24 bits per heavy atom. The van der Waals surface area contributed by atoms with E-state index in [0.29, 0.717) is 6.04 Å². The van der Waals surface area contributed by atoms with Crippen LogP contribution in [0.2, 0.25) is 0 Å². The molecule has 0 aliphatic heterocycles. The second-order valence-corrected chi connectivity index (χ2v) is 5.17. The zero-order valence-corrected chi connectivity index (χ0v) is 13.4. The first-order valence-electron chi connectivity index (χ1n) is 7.60. The molecule has 0 unspecified atom stereocenters. The average Bonchev–Trinajstić information content (AvgIpc) is 2.95. The summed E-state index contributed by atoms with van der Waals surface area (Å²) < 4.78 is 7.27. The molecule has 0 saturated heterocycles. The highest BCUT2D eigenvalue weighted by molar-refractivity contribution is 5.28. The van der Waals surface area contributed by atoms with Crippen molar-refractivity contribution in [2.45, 2.75) is 46.3 Å². The van der Waals surface area contributed by atoms with Crippen LogP contribution in [0, 0.1) is 0 Å². The Kier molecular flexibility index (Phi) is 5.39. The minimum absolute atomic E-state index is 0.293. The van der Waals surface area contributed by atoms with Gasteiger partial charge in [0.2, 0.25) is 0 Å². The van der Waals surface area contributed by atoms with E-state index >= 15 is 0 Å². The fourth-order valence-electron chi connectivity index (χ4n) is 2.37. The molecule has 1 aromatic carbocycles. The highest BCUT2D eigenvalue weighted by atomic mass is 16.5. The summed E-state index contributed by atoms with van der Waals surface area (Å²) >= 11 is 0. The monoisotopic (exact) mass is 287 g/mol. The summed E-state index contributed by atoms with van der Waals surface area (Å²) in [4.78, 5) is 0. The van der Waals surface area contributed by atoms with Gasteiger partial charge in [-0.3, -0.25) is 4.68 Å². The Morgan fingerprint density at radius 2 is 1.95 bits per heavy atom. The molecule has 1 N–H and O–H groups in total. The van der Waals surface area contributed by atoms with E-state index < -0.39 is 0 Å². The maximum absolute atomic E-state index is 5.19. The number of nitrogens with one attached hydrogen (secondary N) is 1. The largest absolute Gasteiger partial charge is 0.497 e. The van der Waals surface area contributed by atoms with Crippen LogP contribution < -0.4 is 10.1 Å². The summed E-state index contributed by atoms with van der Waals surface area (Å²) in [6, 6.07) is 10.7. The molecule has 114 valence electrons. The topological polar surface area (TPSA) is 39.1 Å². The molecule has 0 aliphatic rings.